The first-order valence-electron chi connectivity index (χ1n) is 8.37. The Morgan fingerprint density at radius 3 is 2.73 bits per heavy atom. The standard InChI is InChI=1S/C20H21N3O2S/c1-12-5-6-13(2)17(11-12)19(24)15(4)26-20-21-18(22-23-20)10-9-16-8-7-14(3)25-16/h5-11,15H,1-4H3,(H,21,22,23). The van der Waals surface area contributed by atoms with Gasteiger partial charge in [-0.3, -0.25) is 9.89 Å². The van der Waals surface area contributed by atoms with E-state index in [1.807, 2.05) is 64.1 Å². The molecule has 6 heteroatoms. The summed E-state index contributed by atoms with van der Waals surface area (Å²) >= 11 is 1.35. The molecular formula is C20H21N3O2S. The Labute approximate surface area is 156 Å². The van der Waals surface area contributed by atoms with Crippen molar-refractivity contribution in [2.24, 2.45) is 0 Å². The number of aromatic amines is 1. The molecule has 0 radical (unpaired) electrons. The van der Waals surface area contributed by atoms with Gasteiger partial charge in [0, 0.05) is 5.56 Å². The third-order valence-corrected chi connectivity index (χ3v) is 4.92. The van der Waals surface area contributed by atoms with Crippen molar-refractivity contribution in [3.05, 3.63) is 64.4 Å². The molecule has 1 unspecified atom stereocenters. The molecule has 0 bridgehead atoms. The number of nitrogens with zero attached hydrogens (tertiary/aromatic N) is 2. The average Bonchev–Trinajstić information content (AvgIpc) is 3.23. The Kier molecular flexibility index (Phi) is 5.42. The molecular weight excluding hydrogens is 346 g/mol. The number of carbonyl (C=O) groups excluding carboxylic acids is 1. The van der Waals surface area contributed by atoms with E-state index in [4.69, 9.17) is 4.42 Å². The molecule has 0 spiro atoms. The maximum absolute atomic E-state index is 12.7. The molecule has 134 valence electrons. The predicted molar refractivity (Wildman–Crippen MR) is 104 cm³/mol. The van der Waals surface area contributed by atoms with Gasteiger partial charge in [0.15, 0.2) is 5.78 Å². The van der Waals surface area contributed by atoms with E-state index in [1.165, 1.54) is 11.8 Å². The first-order chi connectivity index (χ1) is 12.4. The second kappa shape index (κ2) is 7.74. The highest BCUT2D eigenvalue weighted by atomic mass is 32.2. The van der Waals surface area contributed by atoms with Crippen molar-refractivity contribution in [1.82, 2.24) is 15.2 Å². The van der Waals surface area contributed by atoms with Crippen LogP contribution in [0.25, 0.3) is 12.2 Å². The minimum atomic E-state index is -0.268. The molecule has 1 atom stereocenters. The molecule has 0 aliphatic carbocycles. The first kappa shape index (κ1) is 18.2. The molecule has 1 N–H and O–H groups in total. The lowest BCUT2D eigenvalue weighted by molar-refractivity contribution is 0.0993. The first-order valence-corrected chi connectivity index (χ1v) is 9.25. The van der Waals surface area contributed by atoms with Gasteiger partial charge in [-0.05, 0) is 63.6 Å². The van der Waals surface area contributed by atoms with Crippen LogP contribution in [0, 0.1) is 20.8 Å². The summed E-state index contributed by atoms with van der Waals surface area (Å²) in [6.07, 6.45) is 3.62. The van der Waals surface area contributed by atoms with Gasteiger partial charge in [0.25, 0.3) is 0 Å². The molecule has 26 heavy (non-hydrogen) atoms. The van der Waals surface area contributed by atoms with Gasteiger partial charge in [-0.25, -0.2) is 4.98 Å². The van der Waals surface area contributed by atoms with Crippen molar-refractivity contribution >= 4 is 29.7 Å². The number of rotatable bonds is 6. The van der Waals surface area contributed by atoms with Gasteiger partial charge in [-0.15, -0.1) is 5.10 Å². The number of hydrogen-bond acceptors (Lipinski definition) is 5. The summed E-state index contributed by atoms with van der Waals surface area (Å²) in [6, 6.07) is 9.72. The number of aromatic nitrogens is 3. The third kappa shape index (κ3) is 4.32. The molecule has 0 saturated heterocycles. The zero-order valence-electron chi connectivity index (χ0n) is 15.2. The number of benzene rings is 1. The van der Waals surface area contributed by atoms with Crippen molar-refractivity contribution in [3.8, 4) is 0 Å². The lowest BCUT2D eigenvalue weighted by Gasteiger charge is -2.11. The van der Waals surface area contributed by atoms with Crippen LogP contribution in [0.1, 0.15) is 45.8 Å². The van der Waals surface area contributed by atoms with E-state index in [2.05, 4.69) is 15.2 Å². The molecule has 0 aliphatic rings. The number of hydrogen-bond donors (Lipinski definition) is 1. The summed E-state index contributed by atoms with van der Waals surface area (Å²) < 4.78 is 5.48. The van der Waals surface area contributed by atoms with Crippen LogP contribution in [-0.2, 0) is 0 Å². The molecule has 2 aromatic heterocycles. The van der Waals surface area contributed by atoms with Crippen LogP contribution < -0.4 is 0 Å². The second-order valence-corrected chi connectivity index (χ2v) is 7.54. The molecule has 0 aliphatic heterocycles. The Bertz CT molecular complexity index is 956. The molecule has 0 amide bonds. The van der Waals surface area contributed by atoms with Gasteiger partial charge in [-0.2, -0.15) is 0 Å². The Morgan fingerprint density at radius 2 is 2.00 bits per heavy atom. The normalized spacial score (nSPS) is 12.6. The van der Waals surface area contributed by atoms with Crippen LogP contribution in [0.2, 0.25) is 0 Å². The van der Waals surface area contributed by atoms with Crippen molar-refractivity contribution in [2.45, 2.75) is 38.1 Å². The van der Waals surface area contributed by atoms with Crippen LogP contribution in [0.5, 0.6) is 0 Å². The van der Waals surface area contributed by atoms with E-state index in [1.54, 1.807) is 6.08 Å². The zero-order chi connectivity index (χ0) is 18.7. The highest BCUT2D eigenvalue weighted by molar-refractivity contribution is 8.00. The number of furan rings is 1. The number of nitrogens with one attached hydrogen (secondary N) is 1. The van der Waals surface area contributed by atoms with Gasteiger partial charge in [0.2, 0.25) is 5.16 Å². The molecule has 3 rings (SSSR count). The Balaban J connectivity index is 1.67. The number of aryl methyl sites for hydroxylation is 3. The van der Waals surface area contributed by atoms with Crippen molar-refractivity contribution in [1.29, 1.82) is 0 Å². The summed E-state index contributed by atoms with van der Waals surface area (Å²) in [5.41, 5.74) is 2.82. The fourth-order valence-corrected chi connectivity index (χ4v) is 3.32. The SMILES string of the molecule is Cc1ccc(C)c(C(=O)C(C)Sc2n[nH]c(C=Cc3ccc(C)o3)n2)c1. The third-order valence-electron chi connectivity index (χ3n) is 3.96. The topological polar surface area (TPSA) is 71.8 Å². The molecule has 5 nitrogen and oxygen atoms in total. The maximum atomic E-state index is 12.7. The average molecular weight is 367 g/mol. The highest BCUT2D eigenvalue weighted by Gasteiger charge is 2.20. The fourth-order valence-electron chi connectivity index (χ4n) is 2.52. The number of thioether (sulfide) groups is 1. The monoisotopic (exact) mass is 367 g/mol. The number of carbonyl (C=O) groups is 1. The lowest BCUT2D eigenvalue weighted by Crippen LogP contribution is -2.15. The zero-order valence-corrected chi connectivity index (χ0v) is 16.1. The fraction of sp³-hybridized carbons (Fsp3) is 0.250. The summed E-state index contributed by atoms with van der Waals surface area (Å²) in [5, 5.41) is 7.33. The smallest absolute Gasteiger partial charge is 0.209 e. The van der Waals surface area contributed by atoms with Gasteiger partial charge in [-0.1, -0.05) is 29.5 Å². The number of Topliss-reactive ketones (excluding diaryl/α,β-unsaturated/α-hetero) is 1. The van der Waals surface area contributed by atoms with E-state index in [9.17, 15) is 4.79 Å². The molecule has 0 fully saturated rings. The van der Waals surface area contributed by atoms with E-state index < -0.39 is 0 Å². The van der Waals surface area contributed by atoms with Gasteiger partial charge in [0.05, 0.1) is 5.25 Å². The van der Waals surface area contributed by atoms with Gasteiger partial charge >= 0.3 is 0 Å². The molecule has 0 saturated carbocycles. The van der Waals surface area contributed by atoms with Gasteiger partial charge in [0.1, 0.15) is 17.3 Å². The van der Waals surface area contributed by atoms with Crippen molar-refractivity contribution in [2.75, 3.05) is 0 Å². The van der Waals surface area contributed by atoms with E-state index in [0.717, 1.165) is 28.2 Å². The summed E-state index contributed by atoms with van der Waals surface area (Å²) in [7, 11) is 0. The number of ketones is 1. The lowest BCUT2D eigenvalue weighted by atomic mass is 10.0. The summed E-state index contributed by atoms with van der Waals surface area (Å²) in [6.45, 7) is 7.72. The summed E-state index contributed by atoms with van der Waals surface area (Å²) in [4.78, 5) is 17.1. The minimum Gasteiger partial charge on any atom is -0.462 e. The quantitative estimate of drug-likeness (QED) is 0.498. The Hall–Kier alpha value is -2.60. The van der Waals surface area contributed by atoms with Crippen LogP contribution in [0.4, 0.5) is 0 Å². The molecule has 3 aromatic rings. The Morgan fingerprint density at radius 1 is 1.19 bits per heavy atom. The largest absolute Gasteiger partial charge is 0.462 e. The van der Waals surface area contributed by atoms with Crippen LogP contribution in [0.15, 0.2) is 39.9 Å². The van der Waals surface area contributed by atoms with Crippen LogP contribution in [-0.4, -0.2) is 26.2 Å². The second-order valence-electron chi connectivity index (χ2n) is 6.23. The van der Waals surface area contributed by atoms with E-state index >= 15 is 0 Å². The van der Waals surface area contributed by atoms with Gasteiger partial charge < -0.3 is 4.42 Å². The van der Waals surface area contributed by atoms with E-state index in [-0.39, 0.29) is 11.0 Å². The van der Waals surface area contributed by atoms with Crippen molar-refractivity contribution in [3.63, 3.8) is 0 Å². The highest BCUT2D eigenvalue weighted by Crippen LogP contribution is 2.24. The van der Waals surface area contributed by atoms with Crippen molar-refractivity contribution < 1.29 is 9.21 Å². The minimum absolute atomic E-state index is 0.0872. The maximum Gasteiger partial charge on any atom is 0.209 e. The number of H-pyrrole nitrogens is 1. The van der Waals surface area contributed by atoms with Crippen LogP contribution in [0.3, 0.4) is 0 Å². The predicted octanol–water partition coefficient (Wildman–Crippen LogP) is 4.86. The summed E-state index contributed by atoms with van der Waals surface area (Å²) in [5.74, 6) is 2.32. The molecule has 2 heterocycles. The van der Waals surface area contributed by atoms with E-state index in [0.29, 0.717) is 11.0 Å². The molecule has 1 aromatic carbocycles. The van der Waals surface area contributed by atoms with Crippen LogP contribution >= 0.6 is 11.8 Å².